The van der Waals surface area contributed by atoms with E-state index in [4.69, 9.17) is 9.42 Å². The van der Waals surface area contributed by atoms with E-state index in [0.717, 1.165) is 11.5 Å². The van der Waals surface area contributed by atoms with Gasteiger partial charge >= 0.3 is 0 Å². The first-order valence-electron chi connectivity index (χ1n) is 5.86. The van der Waals surface area contributed by atoms with Crippen LogP contribution in [0.3, 0.4) is 0 Å². The summed E-state index contributed by atoms with van der Waals surface area (Å²) in [5.74, 6) is 3.31. The van der Waals surface area contributed by atoms with Crippen molar-refractivity contribution in [1.82, 2.24) is 0 Å². The van der Waals surface area contributed by atoms with Gasteiger partial charge in [0.1, 0.15) is 0 Å². The Hall–Kier alpha value is -0.0800. The summed E-state index contributed by atoms with van der Waals surface area (Å²) in [6.07, 6.45) is 0. The molecule has 0 amide bonds. The number of benzene rings is 1. The summed E-state index contributed by atoms with van der Waals surface area (Å²) in [6.45, 7) is 5.07. The molecule has 2 nitrogen and oxygen atoms in total. The van der Waals surface area contributed by atoms with Gasteiger partial charge in [-0.2, -0.15) is 11.8 Å². The smallest absolute Gasteiger partial charge is 0.152 e. The van der Waals surface area contributed by atoms with Crippen molar-refractivity contribution in [2.24, 2.45) is 11.8 Å². The Kier molecular flexibility index (Phi) is 7.87. The van der Waals surface area contributed by atoms with Crippen LogP contribution in [-0.4, -0.2) is 17.3 Å². The van der Waals surface area contributed by atoms with E-state index in [0.29, 0.717) is 18.4 Å². The Labute approximate surface area is 110 Å². The van der Waals surface area contributed by atoms with Crippen molar-refractivity contribution in [3.05, 3.63) is 35.9 Å². The third-order valence-electron chi connectivity index (χ3n) is 2.87. The maximum Gasteiger partial charge on any atom is 0.152 e. The largest absolute Gasteiger partial charge is 0.352 e. The van der Waals surface area contributed by atoms with Crippen LogP contribution in [0.5, 0.6) is 0 Å². The standard InChI is InChI=1S/C13H21O2PS/c1-11(8-15-16-14)12(2)9-17-10-13-6-4-3-5-7-13/h3-7,11-12,14,16H,8-10H2,1-2H3. The molecule has 0 aliphatic rings. The minimum absolute atomic E-state index is 0.384. The SMILES string of the molecule is CC(COPO)C(C)CSCc1ccccc1. The molecular weight excluding hydrogens is 251 g/mol. The monoisotopic (exact) mass is 272 g/mol. The van der Waals surface area contributed by atoms with Crippen LogP contribution in [0.1, 0.15) is 19.4 Å². The number of hydrogen-bond donors (Lipinski definition) is 1. The van der Waals surface area contributed by atoms with Crippen LogP contribution in [0.4, 0.5) is 0 Å². The maximum atomic E-state index is 8.62. The summed E-state index contributed by atoms with van der Waals surface area (Å²) in [4.78, 5) is 8.62. The lowest BCUT2D eigenvalue weighted by molar-refractivity contribution is 0.234. The van der Waals surface area contributed by atoms with E-state index in [2.05, 4.69) is 38.1 Å². The summed E-state index contributed by atoms with van der Waals surface area (Å²) in [5.41, 5.74) is 1.38. The van der Waals surface area contributed by atoms with Crippen LogP contribution >= 0.6 is 20.8 Å². The normalized spacial score (nSPS) is 15.2. The molecule has 0 saturated carbocycles. The van der Waals surface area contributed by atoms with Crippen molar-refractivity contribution in [3.8, 4) is 0 Å². The van der Waals surface area contributed by atoms with E-state index in [1.54, 1.807) is 0 Å². The average molecular weight is 272 g/mol. The summed E-state index contributed by atoms with van der Waals surface area (Å²) < 4.78 is 5.06. The van der Waals surface area contributed by atoms with Gasteiger partial charge in [0.15, 0.2) is 9.03 Å². The van der Waals surface area contributed by atoms with Crippen molar-refractivity contribution in [2.75, 3.05) is 12.4 Å². The highest BCUT2D eigenvalue weighted by Crippen LogP contribution is 2.22. The Bertz CT molecular complexity index is 295. The van der Waals surface area contributed by atoms with Gasteiger partial charge in [-0.3, -0.25) is 0 Å². The highest BCUT2D eigenvalue weighted by atomic mass is 32.2. The molecule has 1 aromatic rings. The van der Waals surface area contributed by atoms with E-state index >= 15 is 0 Å². The molecule has 0 fully saturated rings. The van der Waals surface area contributed by atoms with E-state index in [-0.39, 0.29) is 9.03 Å². The van der Waals surface area contributed by atoms with Crippen LogP contribution in [-0.2, 0) is 10.3 Å². The lowest BCUT2D eigenvalue weighted by Crippen LogP contribution is -2.15. The molecule has 1 aromatic carbocycles. The maximum absolute atomic E-state index is 8.62. The summed E-state index contributed by atoms with van der Waals surface area (Å²) in [5, 5.41) is 0. The van der Waals surface area contributed by atoms with Crippen molar-refractivity contribution in [1.29, 1.82) is 0 Å². The highest BCUT2D eigenvalue weighted by molar-refractivity contribution is 7.98. The molecule has 0 aliphatic carbocycles. The minimum Gasteiger partial charge on any atom is -0.352 e. The fourth-order valence-corrected chi connectivity index (χ4v) is 3.02. The topological polar surface area (TPSA) is 29.5 Å². The molecule has 4 heteroatoms. The second kappa shape index (κ2) is 8.93. The zero-order valence-electron chi connectivity index (χ0n) is 10.4. The average Bonchev–Trinajstić information content (AvgIpc) is 2.37. The summed E-state index contributed by atoms with van der Waals surface area (Å²) in [6, 6.07) is 10.5. The molecule has 1 N–H and O–H groups in total. The third kappa shape index (κ3) is 6.42. The fraction of sp³-hybridized carbons (Fsp3) is 0.538. The Balaban J connectivity index is 2.17. The predicted octanol–water partition coefficient (Wildman–Crippen LogP) is 3.71. The zero-order valence-corrected chi connectivity index (χ0v) is 12.2. The van der Waals surface area contributed by atoms with Gasteiger partial charge in [0.25, 0.3) is 0 Å². The summed E-state index contributed by atoms with van der Waals surface area (Å²) in [7, 11) is -0.384. The van der Waals surface area contributed by atoms with Gasteiger partial charge in [-0.15, -0.1) is 0 Å². The van der Waals surface area contributed by atoms with Crippen LogP contribution in [0, 0.1) is 11.8 Å². The van der Waals surface area contributed by atoms with E-state index in [1.807, 2.05) is 17.8 Å². The molecule has 3 atom stereocenters. The van der Waals surface area contributed by atoms with Crippen molar-refractivity contribution in [3.63, 3.8) is 0 Å². The quantitative estimate of drug-likeness (QED) is 0.732. The predicted molar refractivity (Wildman–Crippen MR) is 77.4 cm³/mol. The molecular formula is C13H21O2PS. The zero-order chi connectivity index (χ0) is 12.5. The van der Waals surface area contributed by atoms with Gasteiger partial charge in [-0.1, -0.05) is 44.2 Å². The Morgan fingerprint density at radius 3 is 2.59 bits per heavy atom. The van der Waals surface area contributed by atoms with Gasteiger partial charge in [-0.05, 0) is 23.2 Å². The highest BCUT2D eigenvalue weighted by Gasteiger charge is 2.12. The molecule has 0 aromatic heterocycles. The second-order valence-corrected chi connectivity index (χ2v) is 5.86. The Morgan fingerprint density at radius 2 is 1.94 bits per heavy atom. The molecule has 0 bridgehead atoms. The molecule has 0 heterocycles. The molecule has 17 heavy (non-hydrogen) atoms. The lowest BCUT2D eigenvalue weighted by atomic mass is 9.99. The number of thioether (sulfide) groups is 1. The molecule has 0 radical (unpaired) electrons. The first kappa shape index (κ1) is 15.0. The van der Waals surface area contributed by atoms with Crippen molar-refractivity contribution >= 4 is 20.8 Å². The molecule has 0 aliphatic heterocycles. The van der Waals surface area contributed by atoms with Crippen LogP contribution in [0.25, 0.3) is 0 Å². The minimum atomic E-state index is -0.384. The molecule has 0 saturated heterocycles. The van der Waals surface area contributed by atoms with Crippen molar-refractivity contribution in [2.45, 2.75) is 19.6 Å². The van der Waals surface area contributed by atoms with Crippen LogP contribution < -0.4 is 0 Å². The van der Waals surface area contributed by atoms with E-state index in [1.165, 1.54) is 5.56 Å². The van der Waals surface area contributed by atoms with Crippen LogP contribution in [0.2, 0.25) is 0 Å². The van der Waals surface area contributed by atoms with Gasteiger partial charge in [0.2, 0.25) is 0 Å². The van der Waals surface area contributed by atoms with E-state index in [9.17, 15) is 0 Å². The molecule has 3 unspecified atom stereocenters. The van der Waals surface area contributed by atoms with E-state index < -0.39 is 0 Å². The lowest BCUT2D eigenvalue weighted by Gasteiger charge is -2.18. The van der Waals surface area contributed by atoms with Crippen LogP contribution in [0.15, 0.2) is 30.3 Å². The molecule has 1 rings (SSSR count). The molecule has 0 spiro atoms. The number of rotatable bonds is 8. The summed E-state index contributed by atoms with van der Waals surface area (Å²) >= 11 is 1.96. The number of hydrogen-bond acceptors (Lipinski definition) is 3. The van der Waals surface area contributed by atoms with Gasteiger partial charge in [0, 0.05) is 5.75 Å². The first-order valence-corrected chi connectivity index (χ1v) is 7.87. The first-order chi connectivity index (χ1) is 8.24. The second-order valence-electron chi connectivity index (χ2n) is 4.36. The fourth-order valence-electron chi connectivity index (χ4n) is 1.43. The van der Waals surface area contributed by atoms with Gasteiger partial charge < -0.3 is 9.42 Å². The van der Waals surface area contributed by atoms with Crippen molar-refractivity contribution < 1.29 is 9.42 Å². The Morgan fingerprint density at radius 1 is 1.24 bits per heavy atom. The van der Waals surface area contributed by atoms with Gasteiger partial charge in [-0.25, -0.2) is 0 Å². The third-order valence-corrected chi connectivity index (χ3v) is 4.47. The van der Waals surface area contributed by atoms with Gasteiger partial charge in [0.05, 0.1) is 6.61 Å². The molecule has 96 valence electrons.